The van der Waals surface area contributed by atoms with Gasteiger partial charge in [-0.2, -0.15) is 0 Å². The maximum absolute atomic E-state index is 9.91. The van der Waals surface area contributed by atoms with Gasteiger partial charge in [-0.1, -0.05) is 66.2 Å². The van der Waals surface area contributed by atoms with Crippen LogP contribution in [0.4, 0.5) is 0 Å². The summed E-state index contributed by atoms with van der Waals surface area (Å²) in [6.45, 7) is 2.08. The Kier molecular flexibility index (Phi) is 5.68. The zero-order chi connectivity index (χ0) is 21.8. The summed E-state index contributed by atoms with van der Waals surface area (Å²) < 4.78 is 0. The van der Waals surface area contributed by atoms with Gasteiger partial charge in [-0.15, -0.1) is 0 Å². The van der Waals surface area contributed by atoms with Gasteiger partial charge in [-0.05, 0) is 78.4 Å². The summed E-state index contributed by atoms with van der Waals surface area (Å²) in [7, 11) is 0. The lowest BCUT2D eigenvalue weighted by Crippen LogP contribution is -2.33. The molecule has 0 amide bonds. The number of aryl methyl sites for hydroxylation is 1. The third-order valence-corrected chi connectivity index (χ3v) is 5.91. The molecule has 0 heterocycles. The highest BCUT2D eigenvalue weighted by molar-refractivity contribution is 5.47. The zero-order valence-electron chi connectivity index (χ0n) is 17.5. The molecule has 0 aliphatic rings. The normalized spacial score (nSPS) is 11.4. The van der Waals surface area contributed by atoms with Crippen LogP contribution in [-0.2, 0) is 18.3 Å². The second-order valence-corrected chi connectivity index (χ2v) is 8.18. The first-order valence-electron chi connectivity index (χ1n) is 10.4. The van der Waals surface area contributed by atoms with E-state index in [2.05, 4.69) is 31.2 Å². The van der Waals surface area contributed by atoms with Gasteiger partial charge in [-0.3, -0.25) is 0 Å². The first-order valence-corrected chi connectivity index (χ1v) is 10.4. The van der Waals surface area contributed by atoms with Crippen molar-refractivity contribution in [2.24, 2.45) is 0 Å². The van der Waals surface area contributed by atoms with Crippen molar-refractivity contribution in [2.75, 3.05) is 0 Å². The Balaban J connectivity index is 1.91. The molecule has 0 aliphatic carbocycles. The van der Waals surface area contributed by atoms with Crippen LogP contribution in [0, 0.1) is 6.92 Å². The summed E-state index contributed by atoms with van der Waals surface area (Å²) in [5, 5.41) is 29.6. The molecule has 0 saturated heterocycles. The average molecular weight is 411 g/mol. The fraction of sp³-hybridized carbons (Fsp3) is 0.143. The molecule has 4 aromatic rings. The highest BCUT2D eigenvalue weighted by Crippen LogP contribution is 2.40. The molecule has 4 rings (SSSR count). The predicted molar refractivity (Wildman–Crippen MR) is 124 cm³/mol. The van der Waals surface area contributed by atoms with E-state index < -0.39 is 5.41 Å². The lowest BCUT2D eigenvalue weighted by atomic mass is 9.67. The average Bonchev–Trinajstić information content (AvgIpc) is 2.77. The predicted octanol–water partition coefficient (Wildman–Crippen LogP) is 5.88. The van der Waals surface area contributed by atoms with Gasteiger partial charge in [-0.25, -0.2) is 0 Å². The van der Waals surface area contributed by atoms with Crippen molar-refractivity contribution < 1.29 is 15.3 Å². The molecule has 3 nitrogen and oxygen atoms in total. The highest BCUT2D eigenvalue weighted by Gasteiger charge is 2.35. The SMILES string of the molecule is Cc1ccc(CC(Cc2ccc(O)cc2)(c2ccc(O)cc2)c2ccc(O)cc2)cc1. The molecular formula is C28H26O3. The minimum atomic E-state index is -0.437. The van der Waals surface area contributed by atoms with E-state index in [1.165, 1.54) is 11.1 Å². The van der Waals surface area contributed by atoms with Crippen LogP contribution in [-0.4, -0.2) is 15.3 Å². The Morgan fingerprint density at radius 3 is 1.19 bits per heavy atom. The van der Waals surface area contributed by atoms with Crippen LogP contribution in [0.15, 0.2) is 97.1 Å². The molecule has 0 aliphatic heterocycles. The molecule has 0 spiro atoms. The van der Waals surface area contributed by atoms with Crippen LogP contribution < -0.4 is 0 Å². The van der Waals surface area contributed by atoms with Gasteiger partial charge >= 0.3 is 0 Å². The Hall–Kier alpha value is -3.72. The molecule has 156 valence electrons. The Labute approximate surface area is 182 Å². The van der Waals surface area contributed by atoms with Crippen molar-refractivity contribution in [2.45, 2.75) is 25.2 Å². The van der Waals surface area contributed by atoms with E-state index in [-0.39, 0.29) is 17.2 Å². The summed E-state index contributed by atoms with van der Waals surface area (Å²) in [5.41, 5.74) is 5.21. The minimum absolute atomic E-state index is 0.225. The summed E-state index contributed by atoms with van der Waals surface area (Å²) in [6, 6.07) is 30.6. The van der Waals surface area contributed by atoms with E-state index in [0.717, 1.165) is 23.1 Å². The number of benzene rings is 4. The standard InChI is InChI=1S/C28H26O3/c1-20-2-4-21(5-3-20)18-28(23-8-14-26(30)15-9-23,24-10-16-27(31)17-11-24)19-22-6-12-25(29)13-7-22/h2-17,29-31H,18-19H2,1H3. The molecule has 0 atom stereocenters. The van der Waals surface area contributed by atoms with Crippen LogP contribution in [0.1, 0.15) is 27.8 Å². The van der Waals surface area contributed by atoms with Crippen LogP contribution >= 0.6 is 0 Å². The minimum Gasteiger partial charge on any atom is -0.508 e. The Bertz CT molecular complexity index is 1030. The number of hydrogen-bond acceptors (Lipinski definition) is 3. The molecule has 3 heteroatoms. The fourth-order valence-corrected chi connectivity index (χ4v) is 4.21. The first-order chi connectivity index (χ1) is 14.9. The number of rotatable bonds is 6. The number of phenols is 3. The van der Waals surface area contributed by atoms with E-state index in [0.29, 0.717) is 6.42 Å². The molecule has 3 N–H and O–H groups in total. The second-order valence-electron chi connectivity index (χ2n) is 8.18. The van der Waals surface area contributed by atoms with E-state index in [9.17, 15) is 15.3 Å². The lowest BCUT2D eigenvalue weighted by molar-refractivity contribution is 0.467. The quantitative estimate of drug-likeness (QED) is 0.372. The zero-order valence-corrected chi connectivity index (χ0v) is 17.5. The fourth-order valence-electron chi connectivity index (χ4n) is 4.21. The molecule has 4 aromatic carbocycles. The van der Waals surface area contributed by atoms with Crippen LogP contribution in [0.3, 0.4) is 0 Å². The van der Waals surface area contributed by atoms with E-state index in [1.54, 1.807) is 36.4 Å². The van der Waals surface area contributed by atoms with Crippen LogP contribution in [0.2, 0.25) is 0 Å². The Morgan fingerprint density at radius 1 is 0.484 bits per heavy atom. The van der Waals surface area contributed by atoms with Crippen molar-refractivity contribution in [1.82, 2.24) is 0 Å². The van der Waals surface area contributed by atoms with Gasteiger partial charge in [0.25, 0.3) is 0 Å². The summed E-state index contributed by atoms with van der Waals surface area (Å²) in [6.07, 6.45) is 1.43. The van der Waals surface area contributed by atoms with Crippen molar-refractivity contribution in [3.05, 3.63) is 125 Å². The van der Waals surface area contributed by atoms with Gasteiger partial charge < -0.3 is 15.3 Å². The van der Waals surface area contributed by atoms with Gasteiger partial charge in [0, 0.05) is 5.41 Å². The van der Waals surface area contributed by atoms with Gasteiger partial charge in [0.15, 0.2) is 0 Å². The van der Waals surface area contributed by atoms with E-state index in [1.807, 2.05) is 36.4 Å². The molecule has 0 saturated carbocycles. The molecule has 31 heavy (non-hydrogen) atoms. The lowest BCUT2D eigenvalue weighted by Gasteiger charge is -2.36. The number of aromatic hydroxyl groups is 3. The number of hydrogen-bond donors (Lipinski definition) is 3. The Morgan fingerprint density at radius 2 is 0.806 bits per heavy atom. The molecule has 0 bridgehead atoms. The van der Waals surface area contributed by atoms with Crippen LogP contribution in [0.25, 0.3) is 0 Å². The first kappa shape index (κ1) is 20.5. The van der Waals surface area contributed by atoms with E-state index in [4.69, 9.17) is 0 Å². The van der Waals surface area contributed by atoms with Crippen LogP contribution in [0.5, 0.6) is 17.2 Å². The molecule has 0 aromatic heterocycles. The molecular weight excluding hydrogens is 384 g/mol. The van der Waals surface area contributed by atoms with Gasteiger partial charge in [0.1, 0.15) is 17.2 Å². The summed E-state index contributed by atoms with van der Waals surface area (Å²) in [4.78, 5) is 0. The van der Waals surface area contributed by atoms with Crippen molar-refractivity contribution in [1.29, 1.82) is 0 Å². The second kappa shape index (κ2) is 8.57. The summed E-state index contributed by atoms with van der Waals surface area (Å²) in [5.74, 6) is 0.689. The third kappa shape index (κ3) is 4.56. The maximum atomic E-state index is 9.91. The maximum Gasteiger partial charge on any atom is 0.115 e. The van der Waals surface area contributed by atoms with E-state index >= 15 is 0 Å². The molecule has 0 radical (unpaired) electrons. The largest absolute Gasteiger partial charge is 0.508 e. The molecule has 0 fully saturated rings. The number of phenolic OH excluding ortho intramolecular Hbond substituents is 3. The molecule has 0 unspecified atom stereocenters. The third-order valence-electron chi connectivity index (χ3n) is 5.91. The van der Waals surface area contributed by atoms with Gasteiger partial charge in [0.2, 0.25) is 0 Å². The topological polar surface area (TPSA) is 60.7 Å². The van der Waals surface area contributed by atoms with Crippen molar-refractivity contribution in [3.8, 4) is 17.2 Å². The van der Waals surface area contributed by atoms with Gasteiger partial charge in [0.05, 0.1) is 0 Å². The highest BCUT2D eigenvalue weighted by atomic mass is 16.3. The smallest absolute Gasteiger partial charge is 0.115 e. The summed E-state index contributed by atoms with van der Waals surface area (Å²) >= 11 is 0. The van der Waals surface area contributed by atoms with Crippen molar-refractivity contribution in [3.63, 3.8) is 0 Å². The monoisotopic (exact) mass is 410 g/mol. The van der Waals surface area contributed by atoms with Crippen molar-refractivity contribution >= 4 is 0 Å².